The maximum Gasteiger partial charge on any atom is 0.114 e. The molecule has 94 valence electrons. The van der Waals surface area contributed by atoms with Crippen LogP contribution in [0, 0.1) is 0 Å². The molecule has 2 fully saturated rings. The zero-order chi connectivity index (χ0) is 12.1. The van der Waals surface area contributed by atoms with Crippen molar-refractivity contribution in [2.45, 2.75) is 50.1 Å². The van der Waals surface area contributed by atoms with Crippen LogP contribution in [-0.4, -0.2) is 20.6 Å². The molecule has 0 spiro atoms. The van der Waals surface area contributed by atoms with Crippen molar-refractivity contribution in [3.8, 4) is 0 Å². The summed E-state index contributed by atoms with van der Waals surface area (Å²) in [7, 11) is 0. The number of pyridine rings is 1. The molecule has 4 nitrogen and oxygen atoms in total. The van der Waals surface area contributed by atoms with Gasteiger partial charge in [-0.05, 0) is 31.7 Å². The van der Waals surface area contributed by atoms with E-state index in [0.29, 0.717) is 12.0 Å². The van der Waals surface area contributed by atoms with Crippen LogP contribution in [0.4, 0.5) is 0 Å². The van der Waals surface area contributed by atoms with Crippen molar-refractivity contribution in [2.24, 2.45) is 5.73 Å². The van der Waals surface area contributed by atoms with Crippen LogP contribution in [0.1, 0.15) is 49.9 Å². The van der Waals surface area contributed by atoms with Gasteiger partial charge in [0.2, 0.25) is 0 Å². The first-order chi connectivity index (χ1) is 8.84. The first-order valence-electron chi connectivity index (χ1n) is 6.92. The summed E-state index contributed by atoms with van der Waals surface area (Å²) in [5.74, 6) is 1.66. The summed E-state index contributed by atoms with van der Waals surface area (Å²) in [5, 5.41) is 0. The Morgan fingerprint density at radius 1 is 1.22 bits per heavy atom. The van der Waals surface area contributed by atoms with E-state index in [2.05, 4.69) is 15.6 Å². The molecule has 0 saturated heterocycles. The molecule has 0 bridgehead atoms. The van der Waals surface area contributed by atoms with Gasteiger partial charge in [0.25, 0.3) is 0 Å². The lowest BCUT2D eigenvalue weighted by molar-refractivity contribution is 0.546. The van der Waals surface area contributed by atoms with E-state index in [1.54, 1.807) is 0 Å². The zero-order valence-corrected chi connectivity index (χ0v) is 10.4. The minimum atomic E-state index is 0.285. The number of nitrogens with two attached hydrogens (primary N) is 1. The average Bonchev–Trinajstić information content (AvgIpc) is 3.01. The van der Waals surface area contributed by atoms with Crippen LogP contribution in [-0.2, 0) is 0 Å². The van der Waals surface area contributed by atoms with Crippen LogP contribution in [0.5, 0.6) is 0 Å². The summed E-state index contributed by atoms with van der Waals surface area (Å²) >= 11 is 0. The molecule has 2 heterocycles. The molecular weight excluding hydrogens is 224 g/mol. The fraction of sp³-hybridized carbons (Fsp3) is 0.571. The van der Waals surface area contributed by atoms with Crippen LogP contribution >= 0.6 is 0 Å². The maximum absolute atomic E-state index is 6.25. The highest BCUT2D eigenvalue weighted by Gasteiger charge is 2.35. The number of aromatic nitrogens is 3. The molecule has 2 unspecified atom stereocenters. The molecule has 2 atom stereocenters. The summed E-state index contributed by atoms with van der Waals surface area (Å²) in [4.78, 5) is 9.01. The zero-order valence-electron chi connectivity index (χ0n) is 10.4. The molecule has 2 aliphatic rings. The van der Waals surface area contributed by atoms with E-state index in [1.165, 1.54) is 37.0 Å². The highest BCUT2D eigenvalue weighted by atomic mass is 15.1. The predicted molar refractivity (Wildman–Crippen MR) is 70.4 cm³/mol. The van der Waals surface area contributed by atoms with Crippen molar-refractivity contribution in [1.29, 1.82) is 0 Å². The third-order valence-corrected chi connectivity index (χ3v) is 4.33. The van der Waals surface area contributed by atoms with Gasteiger partial charge in [-0.25, -0.2) is 4.98 Å². The molecule has 4 heteroatoms. The Balaban J connectivity index is 1.90. The number of rotatable bonds is 2. The highest BCUT2D eigenvalue weighted by Crippen LogP contribution is 2.42. The van der Waals surface area contributed by atoms with Crippen LogP contribution < -0.4 is 5.73 Å². The first-order valence-corrected chi connectivity index (χ1v) is 6.92. The van der Waals surface area contributed by atoms with Crippen LogP contribution in [0.15, 0.2) is 18.5 Å². The van der Waals surface area contributed by atoms with Gasteiger partial charge in [0.05, 0.1) is 11.7 Å². The maximum atomic E-state index is 6.25. The second-order valence-corrected chi connectivity index (χ2v) is 5.64. The first kappa shape index (κ1) is 10.5. The molecule has 2 aromatic rings. The fourth-order valence-corrected chi connectivity index (χ4v) is 3.26. The Bertz CT molecular complexity index is 584. The number of hydrogen-bond donors (Lipinski definition) is 1. The van der Waals surface area contributed by atoms with Crippen LogP contribution in [0.3, 0.4) is 0 Å². The normalized spacial score (nSPS) is 28.1. The van der Waals surface area contributed by atoms with Gasteiger partial charge in [-0.2, -0.15) is 0 Å². The lowest BCUT2D eigenvalue weighted by atomic mass is 10.0. The molecule has 0 radical (unpaired) electrons. The molecule has 2 aliphatic carbocycles. The minimum Gasteiger partial charge on any atom is -0.327 e. The molecular formula is C14H18N4. The molecule has 4 rings (SSSR count). The van der Waals surface area contributed by atoms with E-state index >= 15 is 0 Å². The molecule has 2 aromatic heterocycles. The SMILES string of the molecule is NC1CCCC1c1nc2cnccc2n1C1CC1. The molecule has 0 aliphatic heterocycles. The van der Waals surface area contributed by atoms with Gasteiger partial charge in [0, 0.05) is 24.2 Å². The summed E-state index contributed by atoms with van der Waals surface area (Å²) in [6, 6.07) is 3.03. The number of imidazole rings is 1. The van der Waals surface area contributed by atoms with E-state index in [4.69, 9.17) is 10.7 Å². The number of fused-ring (bicyclic) bond motifs is 1. The lowest BCUT2D eigenvalue weighted by Crippen LogP contribution is -2.25. The van der Waals surface area contributed by atoms with Crippen LogP contribution in [0.25, 0.3) is 11.0 Å². The van der Waals surface area contributed by atoms with Gasteiger partial charge in [0.15, 0.2) is 0 Å². The van der Waals surface area contributed by atoms with Crippen molar-refractivity contribution >= 4 is 11.0 Å². The summed E-state index contributed by atoms with van der Waals surface area (Å²) in [6.07, 6.45) is 9.85. The van der Waals surface area contributed by atoms with Crippen molar-refractivity contribution in [3.05, 3.63) is 24.3 Å². The standard InChI is InChI=1S/C14H18N4/c15-11-3-1-2-10(11)14-17-12-8-16-7-6-13(12)18(14)9-4-5-9/h6-11H,1-5,15H2. The third-order valence-electron chi connectivity index (χ3n) is 4.33. The second-order valence-electron chi connectivity index (χ2n) is 5.64. The minimum absolute atomic E-state index is 0.285. The van der Waals surface area contributed by atoms with E-state index in [-0.39, 0.29) is 6.04 Å². The Morgan fingerprint density at radius 3 is 2.83 bits per heavy atom. The summed E-state index contributed by atoms with van der Waals surface area (Å²) in [6.45, 7) is 0. The Labute approximate surface area is 106 Å². The van der Waals surface area contributed by atoms with Crippen molar-refractivity contribution in [1.82, 2.24) is 14.5 Å². The van der Waals surface area contributed by atoms with Gasteiger partial charge >= 0.3 is 0 Å². The Kier molecular flexibility index (Phi) is 2.21. The number of hydrogen-bond acceptors (Lipinski definition) is 3. The molecule has 2 N–H and O–H groups in total. The monoisotopic (exact) mass is 242 g/mol. The van der Waals surface area contributed by atoms with Crippen molar-refractivity contribution < 1.29 is 0 Å². The molecule has 2 saturated carbocycles. The second kappa shape index (κ2) is 3.79. The lowest BCUT2D eigenvalue weighted by Gasteiger charge is -2.17. The number of nitrogens with zero attached hydrogens (tertiary/aromatic N) is 3. The molecule has 18 heavy (non-hydrogen) atoms. The van der Waals surface area contributed by atoms with Crippen molar-refractivity contribution in [2.75, 3.05) is 0 Å². The fourth-order valence-electron chi connectivity index (χ4n) is 3.26. The van der Waals surface area contributed by atoms with Gasteiger partial charge < -0.3 is 10.3 Å². The third kappa shape index (κ3) is 1.48. The van der Waals surface area contributed by atoms with Gasteiger partial charge in [-0.15, -0.1) is 0 Å². The summed E-state index contributed by atoms with van der Waals surface area (Å²) < 4.78 is 2.44. The van der Waals surface area contributed by atoms with E-state index in [0.717, 1.165) is 11.9 Å². The quantitative estimate of drug-likeness (QED) is 0.879. The molecule has 0 aromatic carbocycles. The predicted octanol–water partition coefficient (Wildman–Crippen LogP) is 2.36. The van der Waals surface area contributed by atoms with Crippen molar-refractivity contribution in [3.63, 3.8) is 0 Å². The highest BCUT2D eigenvalue weighted by molar-refractivity contribution is 5.75. The summed E-state index contributed by atoms with van der Waals surface area (Å²) in [5.41, 5.74) is 8.52. The smallest absolute Gasteiger partial charge is 0.114 e. The molecule has 0 amide bonds. The van der Waals surface area contributed by atoms with E-state index < -0.39 is 0 Å². The van der Waals surface area contributed by atoms with Gasteiger partial charge in [-0.3, -0.25) is 4.98 Å². The Hall–Kier alpha value is -1.42. The van der Waals surface area contributed by atoms with E-state index in [1.807, 2.05) is 12.4 Å². The Morgan fingerprint density at radius 2 is 2.11 bits per heavy atom. The van der Waals surface area contributed by atoms with E-state index in [9.17, 15) is 0 Å². The van der Waals surface area contributed by atoms with Gasteiger partial charge in [0.1, 0.15) is 11.3 Å². The van der Waals surface area contributed by atoms with Gasteiger partial charge in [-0.1, -0.05) is 6.42 Å². The van der Waals surface area contributed by atoms with Crippen LogP contribution in [0.2, 0.25) is 0 Å². The average molecular weight is 242 g/mol. The largest absolute Gasteiger partial charge is 0.327 e. The topological polar surface area (TPSA) is 56.7 Å².